The predicted molar refractivity (Wildman–Crippen MR) is 108 cm³/mol. The number of benzene rings is 2. The Morgan fingerprint density at radius 2 is 1.75 bits per heavy atom. The lowest BCUT2D eigenvalue weighted by atomic mass is 10.00. The van der Waals surface area contributed by atoms with Gasteiger partial charge in [0.15, 0.2) is 10.4 Å². The Labute approximate surface area is 170 Å². The van der Waals surface area contributed by atoms with Gasteiger partial charge in [0.05, 0.1) is 12.6 Å². The molecule has 2 N–H and O–H groups in total. The molecule has 6 nitrogen and oxygen atoms in total. The van der Waals surface area contributed by atoms with E-state index >= 15 is 0 Å². The second kappa shape index (κ2) is 7.90. The average molecular weight is 441 g/mol. The third-order valence-corrected chi connectivity index (χ3v) is 4.89. The SMILES string of the molecule is O=C(N[C@@H]1CCOc2ccccc21)c1ccc(NC(=O)c2ccc(Br)o2)cc1. The number of furan rings is 1. The predicted octanol–water partition coefficient (Wildman–Crippen LogP) is 4.55. The number of hydrogen-bond acceptors (Lipinski definition) is 4. The van der Waals surface area contributed by atoms with E-state index in [-0.39, 0.29) is 23.6 Å². The molecule has 1 aliphatic rings. The van der Waals surface area contributed by atoms with Crippen molar-refractivity contribution in [3.8, 4) is 5.75 Å². The fourth-order valence-corrected chi connectivity index (χ4v) is 3.37. The van der Waals surface area contributed by atoms with E-state index in [1.54, 1.807) is 36.4 Å². The molecule has 0 radical (unpaired) electrons. The van der Waals surface area contributed by atoms with Crippen molar-refractivity contribution in [2.24, 2.45) is 0 Å². The molecule has 0 fully saturated rings. The molecule has 0 saturated heterocycles. The Morgan fingerprint density at radius 1 is 0.964 bits per heavy atom. The minimum atomic E-state index is -0.360. The van der Waals surface area contributed by atoms with Gasteiger partial charge in [-0.1, -0.05) is 18.2 Å². The monoisotopic (exact) mass is 440 g/mol. The topological polar surface area (TPSA) is 80.6 Å². The van der Waals surface area contributed by atoms with Crippen molar-refractivity contribution in [1.29, 1.82) is 0 Å². The highest BCUT2D eigenvalue weighted by atomic mass is 79.9. The van der Waals surface area contributed by atoms with E-state index in [2.05, 4.69) is 26.6 Å². The summed E-state index contributed by atoms with van der Waals surface area (Å²) in [6.45, 7) is 0.565. The Kier molecular flexibility index (Phi) is 5.16. The molecule has 1 aromatic heterocycles. The number of ether oxygens (including phenoxy) is 1. The van der Waals surface area contributed by atoms with E-state index in [0.717, 1.165) is 17.7 Å². The van der Waals surface area contributed by atoms with Crippen molar-refractivity contribution in [2.45, 2.75) is 12.5 Å². The highest BCUT2D eigenvalue weighted by Crippen LogP contribution is 2.31. The Bertz CT molecular complexity index is 1010. The summed E-state index contributed by atoms with van der Waals surface area (Å²) < 4.78 is 11.3. The highest BCUT2D eigenvalue weighted by Gasteiger charge is 2.23. The third-order valence-electron chi connectivity index (χ3n) is 4.47. The first-order chi connectivity index (χ1) is 13.6. The second-order valence-corrected chi connectivity index (χ2v) is 7.12. The van der Waals surface area contributed by atoms with Crippen molar-refractivity contribution in [1.82, 2.24) is 5.32 Å². The zero-order valence-electron chi connectivity index (χ0n) is 14.8. The van der Waals surface area contributed by atoms with Crippen molar-refractivity contribution >= 4 is 33.4 Å². The Hall–Kier alpha value is -3.06. The number of carbonyl (C=O) groups is 2. The van der Waals surface area contributed by atoms with Crippen LogP contribution in [0.2, 0.25) is 0 Å². The lowest BCUT2D eigenvalue weighted by molar-refractivity contribution is 0.0924. The zero-order chi connectivity index (χ0) is 19.5. The molecule has 7 heteroatoms. The normalized spacial score (nSPS) is 15.2. The van der Waals surface area contributed by atoms with Crippen molar-refractivity contribution in [2.75, 3.05) is 11.9 Å². The number of amides is 2. The number of nitrogens with one attached hydrogen (secondary N) is 2. The van der Waals surface area contributed by atoms with Gasteiger partial charge in [0.1, 0.15) is 5.75 Å². The first-order valence-electron chi connectivity index (χ1n) is 8.79. The molecule has 0 unspecified atom stereocenters. The number of hydrogen-bond donors (Lipinski definition) is 2. The molecular weight excluding hydrogens is 424 g/mol. The Morgan fingerprint density at radius 3 is 2.50 bits per heavy atom. The van der Waals surface area contributed by atoms with E-state index in [4.69, 9.17) is 9.15 Å². The molecule has 1 atom stereocenters. The fourth-order valence-electron chi connectivity index (χ4n) is 3.07. The van der Waals surface area contributed by atoms with Crippen LogP contribution in [-0.4, -0.2) is 18.4 Å². The summed E-state index contributed by atoms with van der Waals surface area (Å²) in [7, 11) is 0. The molecule has 1 aliphatic heterocycles. The summed E-state index contributed by atoms with van der Waals surface area (Å²) in [5.41, 5.74) is 2.07. The van der Waals surface area contributed by atoms with Crippen LogP contribution in [0.4, 0.5) is 5.69 Å². The van der Waals surface area contributed by atoms with Gasteiger partial charge < -0.3 is 19.8 Å². The van der Waals surface area contributed by atoms with Crippen LogP contribution in [0.5, 0.6) is 5.75 Å². The van der Waals surface area contributed by atoms with Gasteiger partial charge in [-0.3, -0.25) is 9.59 Å². The van der Waals surface area contributed by atoms with Crippen LogP contribution in [0, 0.1) is 0 Å². The molecule has 4 rings (SSSR count). The second-order valence-electron chi connectivity index (χ2n) is 6.34. The molecule has 2 heterocycles. The summed E-state index contributed by atoms with van der Waals surface area (Å²) >= 11 is 3.16. The lowest BCUT2D eigenvalue weighted by Crippen LogP contribution is -2.32. The Balaban J connectivity index is 1.41. The molecule has 28 heavy (non-hydrogen) atoms. The van der Waals surface area contributed by atoms with Crippen molar-refractivity contribution in [3.63, 3.8) is 0 Å². The molecule has 0 aliphatic carbocycles. The lowest BCUT2D eigenvalue weighted by Gasteiger charge is -2.26. The van der Waals surface area contributed by atoms with Gasteiger partial charge in [-0.2, -0.15) is 0 Å². The molecular formula is C21H17BrN2O4. The van der Waals surface area contributed by atoms with Crippen LogP contribution in [0.3, 0.4) is 0 Å². The maximum Gasteiger partial charge on any atom is 0.291 e. The molecule has 2 aromatic carbocycles. The van der Waals surface area contributed by atoms with Crippen molar-refractivity contribution < 1.29 is 18.7 Å². The minimum Gasteiger partial charge on any atom is -0.493 e. The van der Waals surface area contributed by atoms with Crippen molar-refractivity contribution in [3.05, 3.63) is 82.2 Å². The molecule has 142 valence electrons. The number of para-hydroxylation sites is 1. The highest BCUT2D eigenvalue weighted by molar-refractivity contribution is 9.10. The van der Waals surface area contributed by atoms with Crippen LogP contribution in [-0.2, 0) is 0 Å². The smallest absolute Gasteiger partial charge is 0.291 e. The van der Waals surface area contributed by atoms with E-state index in [0.29, 0.717) is 22.5 Å². The minimum absolute atomic E-state index is 0.0887. The van der Waals surface area contributed by atoms with Gasteiger partial charge in [-0.25, -0.2) is 0 Å². The standard InChI is InChI=1S/C21H17BrN2O4/c22-19-10-9-18(28-19)21(26)23-14-7-5-13(6-8-14)20(25)24-16-11-12-27-17-4-2-1-3-15(16)17/h1-10,16H,11-12H2,(H,23,26)(H,24,25)/t16-/m1/s1. The number of carbonyl (C=O) groups excluding carboxylic acids is 2. The van der Waals surface area contributed by atoms with Gasteiger partial charge in [-0.05, 0) is 58.4 Å². The fraction of sp³-hybridized carbons (Fsp3) is 0.143. The van der Waals surface area contributed by atoms with E-state index in [1.807, 2.05) is 24.3 Å². The molecule has 2 amide bonds. The summed E-state index contributed by atoms with van der Waals surface area (Å²) in [5, 5.41) is 5.78. The first-order valence-corrected chi connectivity index (χ1v) is 9.59. The van der Waals surface area contributed by atoms with Gasteiger partial charge >= 0.3 is 0 Å². The van der Waals surface area contributed by atoms with Crippen LogP contribution in [0.15, 0.2) is 69.8 Å². The van der Waals surface area contributed by atoms with Gasteiger partial charge in [-0.15, -0.1) is 0 Å². The van der Waals surface area contributed by atoms with Gasteiger partial charge in [0, 0.05) is 23.2 Å². The van der Waals surface area contributed by atoms with Crippen LogP contribution in [0.25, 0.3) is 0 Å². The molecule has 0 bridgehead atoms. The largest absolute Gasteiger partial charge is 0.493 e. The molecule has 0 spiro atoms. The summed E-state index contributed by atoms with van der Waals surface area (Å²) in [6, 6.07) is 17.6. The zero-order valence-corrected chi connectivity index (χ0v) is 16.4. The summed E-state index contributed by atoms with van der Waals surface area (Å²) in [5.74, 6) is 0.477. The van der Waals surface area contributed by atoms with E-state index in [9.17, 15) is 9.59 Å². The number of halogens is 1. The average Bonchev–Trinajstić information content (AvgIpc) is 3.15. The maximum absolute atomic E-state index is 12.6. The van der Waals surface area contributed by atoms with Crippen LogP contribution < -0.4 is 15.4 Å². The molecule has 3 aromatic rings. The summed E-state index contributed by atoms with van der Waals surface area (Å²) in [4.78, 5) is 24.7. The molecule has 0 saturated carbocycles. The van der Waals surface area contributed by atoms with Gasteiger partial charge in [0.2, 0.25) is 0 Å². The number of rotatable bonds is 4. The summed E-state index contributed by atoms with van der Waals surface area (Å²) in [6.07, 6.45) is 0.718. The van der Waals surface area contributed by atoms with Crippen LogP contribution >= 0.6 is 15.9 Å². The maximum atomic E-state index is 12.6. The quantitative estimate of drug-likeness (QED) is 0.623. The number of fused-ring (bicyclic) bond motifs is 1. The number of anilines is 1. The van der Waals surface area contributed by atoms with Crippen LogP contribution in [0.1, 0.15) is 38.9 Å². The van der Waals surface area contributed by atoms with Gasteiger partial charge in [0.25, 0.3) is 11.8 Å². The van der Waals surface area contributed by atoms with E-state index in [1.165, 1.54) is 0 Å². The first kappa shape index (κ1) is 18.3. The third kappa shape index (κ3) is 3.94. The van der Waals surface area contributed by atoms with E-state index < -0.39 is 0 Å².